The lowest BCUT2D eigenvalue weighted by Gasteiger charge is -2.35. The number of H-pyrrole nitrogens is 1. The van der Waals surface area contributed by atoms with Gasteiger partial charge in [0.05, 0.1) is 18.1 Å². The summed E-state index contributed by atoms with van der Waals surface area (Å²) in [4.78, 5) is 33.6. The summed E-state index contributed by atoms with van der Waals surface area (Å²) < 4.78 is 4.60. The Morgan fingerprint density at radius 3 is 2.72 bits per heavy atom. The van der Waals surface area contributed by atoms with Gasteiger partial charge in [0.15, 0.2) is 5.72 Å². The third-order valence-corrected chi connectivity index (χ3v) is 5.61. The Hall–Kier alpha value is -4.17. The van der Waals surface area contributed by atoms with Crippen molar-refractivity contribution in [3.05, 3.63) is 89.0 Å². The molecule has 0 bridgehead atoms. The largest absolute Gasteiger partial charge is 0.453 e. The second kappa shape index (κ2) is 7.21. The Bertz CT molecular complexity index is 1380. The predicted molar refractivity (Wildman–Crippen MR) is 120 cm³/mol. The lowest BCUT2D eigenvalue weighted by atomic mass is 9.93. The van der Waals surface area contributed by atoms with E-state index in [9.17, 15) is 14.7 Å². The Morgan fingerprint density at radius 1 is 1.12 bits per heavy atom. The number of aryl methyl sites for hydroxylation is 1. The third kappa shape index (κ3) is 2.92. The van der Waals surface area contributed by atoms with Gasteiger partial charge in [-0.1, -0.05) is 36.4 Å². The minimum Gasteiger partial charge on any atom is -0.453 e. The molecule has 4 aromatic rings. The van der Waals surface area contributed by atoms with Gasteiger partial charge in [0.1, 0.15) is 0 Å². The molecule has 3 N–H and O–H groups in total. The molecular formula is C24H20N4O4. The summed E-state index contributed by atoms with van der Waals surface area (Å²) in [6.45, 7) is 1.93. The van der Waals surface area contributed by atoms with Gasteiger partial charge >= 0.3 is 6.09 Å². The van der Waals surface area contributed by atoms with Crippen LogP contribution in [0.3, 0.4) is 0 Å². The molecule has 5 rings (SSSR count). The van der Waals surface area contributed by atoms with E-state index in [2.05, 4.69) is 20.0 Å². The Balaban J connectivity index is 1.68. The van der Waals surface area contributed by atoms with Crippen LogP contribution < -0.4 is 10.2 Å². The van der Waals surface area contributed by atoms with Crippen LogP contribution in [0.4, 0.5) is 16.4 Å². The van der Waals surface area contributed by atoms with Gasteiger partial charge in [0.2, 0.25) is 5.95 Å². The number of fused-ring (bicyclic) bond motifs is 2. The van der Waals surface area contributed by atoms with Crippen LogP contribution in [0.2, 0.25) is 0 Å². The lowest BCUT2D eigenvalue weighted by molar-refractivity contribution is 0.0704. The molecule has 160 valence electrons. The topological polar surface area (TPSA) is 108 Å². The number of amides is 2. The Labute approximate surface area is 183 Å². The molecule has 2 amide bonds. The molecule has 2 heterocycles. The summed E-state index contributed by atoms with van der Waals surface area (Å²) in [5.41, 5.74) is 2.43. The van der Waals surface area contributed by atoms with E-state index in [0.717, 1.165) is 5.56 Å². The van der Waals surface area contributed by atoms with Gasteiger partial charge in [-0.15, -0.1) is 0 Å². The first-order valence-electron chi connectivity index (χ1n) is 10.00. The van der Waals surface area contributed by atoms with Gasteiger partial charge in [-0.3, -0.25) is 15.0 Å². The fourth-order valence-corrected chi connectivity index (χ4v) is 4.15. The molecular weight excluding hydrogens is 408 g/mol. The van der Waals surface area contributed by atoms with Crippen LogP contribution in [0.5, 0.6) is 0 Å². The average molecular weight is 428 g/mol. The molecule has 3 aromatic carbocycles. The molecule has 0 spiro atoms. The fraction of sp³-hybridized carbons (Fsp3) is 0.125. The van der Waals surface area contributed by atoms with Crippen LogP contribution in [-0.4, -0.2) is 34.2 Å². The molecule has 0 radical (unpaired) electrons. The number of nitrogens with zero attached hydrogens (tertiary/aromatic N) is 2. The van der Waals surface area contributed by atoms with Crippen molar-refractivity contribution in [3.63, 3.8) is 0 Å². The molecule has 0 fully saturated rings. The number of imidazole rings is 1. The number of carbonyl (C=O) groups is 2. The first kappa shape index (κ1) is 19.8. The number of hydrogen-bond donors (Lipinski definition) is 3. The number of aliphatic hydroxyl groups is 1. The zero-order valence-electron chi connectivity index (χ0n) is 17.4. The van der Waals surface area contributed by atoms with Crippen molar-refractivity contribution in [2.45, 2.75) is 12.6 Å². The summed E-state index contributed by atoms with van der Waals surface area (Å²) >= 11 is 0. The monoisotopic (exact) mass is 428 g/mol. The number of methoxy groups -OCH3 is 1. The number of hydrogen-bond acceptors (Lipinski definition) is 5. The van der Waals surface area contributed by atoms with Crippen LogP contribution in [0, 0.1) is 6.92 Å². The van der Waals surface area contributed by atoms with Gasteiger partial charge < -0.3 is 14.8 Å². The highest BCUT2D eigenvalue weighted by Gasteiger charge is 2.50. The number of nitrogens with one attached hydrogen (secondary N) is 2. The molecule has 1 aliphatic heterocycles. The maximum atomic E-state index is 13.4. The number of anilines is 2. The van der Waals surface area contributed by atoms with E-state index < -0.39 is 11.8 Å². The SMILES string of the molecule is COC(=O)Nc1nc2ccc(C3(O)c4ccccc4C(=O)N3c3cccc(C)c3)cc2[nH]1. The summed E-state index contributed by atoms with van der Waals surface area (Å²) in [6.07, 6.45) is -0.649. The Morgan fingerprint density at radius 2 is 1.94 bits per heavy atom. The summed E-state index contributed by atoms with van der Waals surface area (Å²) in [5, 5.41) is 14.6. The summed E-state index contributed by atoms with van der Waals surface area (Å²) in [6, 6.07) is 19.7. The molecule has 1 unspecified atom stereocenters. The van der Waals surface area contributed by atoms with E-state index >= 15 is 0 Å². The molecule has 0 saturated carbocycles. The van der Waals surface area contributed by atoms with Crippen LogP contribution in [0.1, 0.15) is 27.0 Å². The first-order chi connectivity index (χ1) is 15.4. The van der Waals surface area contributed by atoms with Crippen molar-refractivity contribution in [1.82, 2.24) is 9.97 Å². The van der Waals surface area contributed by atoms with Crippen LogP contribution in [0.15, 0.2) is 66.7 Å². The van der Waals surface area contributed by atoms with Crippen molar-refractivity contribution in [2.75, 3.05) is 17.3 Å². The van der Waals surface area contributed by atoms with Crippen molar-refractivity contribution in [1.29, 1.82) is 0 Å². The number of carbonyl (C=O) groups excluding carboxylic acids is 2. The number of aromatic amines is 1. The van der Waals surface area contributed by atoms with Gasteiger partial charge in [-0.05, 0) is 42.8 Å². The third-order valence-electron chi connectivity index (χ3n) is 5.61. The van der Waals surface area contributed by atoms with E-state index in [0.29, 0.717) is 33.4 Å². The lowest BCUT2D eigenvalue weighted by Crippen LogP contribution is -2.45. The van der Waals surface area contributed by atoms with E-state index in [1.54, 1.807) is 48.5 Å². The number of rotatable bonds is 3. The molecule has 1 aliphatic rings. The molecule has 32 heavy (non-hydrogen) atoms. The number of benzene rings is 3. The highest BCUT2D eigenvalue weighted by atomic mass is 16.5. The maximum absolute atomic E-state index is 13.4. The summed E-state index contributed by atoms with van der Waals surface area (Å²) in [5.74, 6) is -0.0686. The Kier molecular flexibility index (Phi) is 4.45. The van der Waals surface area contributed by atoms with E-state index in [1.807, 2.05) is 25.1 Å². The maximum Gasteiger partial charge on any atom is 0.413 e. The van der Waals surface area contributed by atoms with Crippen molar-refractivity contribution in [2.24, 2.45) is 0 Å². The fourth-order valence-electron chi connectivity index (χ4n) is 4.15. The van der Waals surface area contributed by atoms with E-state index in [4.69, 9.17) is 0 Å². The predicted octanol–water partition coefficient (Wildman–Crippen LogP) is 3.90. The molecule has 1 atom stereocenters. The highest BCUT2D eigenvalue weighted by molar-refractivity contribution is 6.12. The second-order valence-corrected chi connectivity index (χ2v) is 7.63. The number of aromatic nitrogens is 2. The van der Waals surface area contributed by atoms with Crippen molar-refractivity contribution < 1.29 is 19.4 Å². The minimum atomic E-state index is -1.73. The van der Waals surface area contributed by atoms with E-state index in [-0.39, 0.29) is 11.9 Å². The second-order valence-electron chi connectivity index (χ2n) is 7.63. The quantitative estimate of drug-likeness (QED) is 0.459. The van der Waals surface area contributed by atoms with Crippen molar-refractivity contribution in [3.8, 4) is 0 Å². The highest BCUT2D eigenvalue weighted by Crippen LogP contribution is 2.45. The van der Waals surface area contributed by atoms with Crippen molar-refractivity contribution >= 4 is 34.7 Å². The van der Waals surface area contributed by atoms with Gasteiger partial charge in [-0.25, -0.2) is 9.78 Å². The molecule has 1 aromatic heterocycles. The van der Waals surface area contributed by atoms with Gasteiger partial charge in [0.25, 0.3) is 5.91 Å². The molecule has 8 heteroatoms. The van der Waals surface area contributed by atoms with Crippen LogP contribution in [0.25, 0.3) is 11.0 Å². The summed E-state index contributed by atoms with van der Waals surface area (Å²) in [7, 11) is 1.26. The minimum absolute atomic E-state index is 0.217. The normalized spacial score (nSPS) is 17.5. The number of ether oxygens (including phenoxy) is 1. The van der Waals surface area contributed by atoms with Crippen LogP contribution in [-0.2, 0) is 10.5 Å². The molecule has 0 saturated heterocycles. The standard InChI is InChI=1S/C24H20N4O4/c1-14-6-5-7-16(12-14)28-21(29)17-8-3-4-9-18(17)24(28,31)15-10-11-19-20(13-15)26-22(25-19)27-23(30)32-2/h3-13,31H,1-2H3,(H2,25,26,27,30). The zero-order valence-corrected chi connectivity index (χ0v) is 17.4. The van der Waals surface area contributed by atoms with Gasteiger partial charge in [0, 0.05) is 22.4 Å². The molecule has 0 aliphatic carbocycles. The smallest absolute Gasteiger partial charge is 0.413 e. The molecule has 8 nitrogen and oxygen atoms in total. The van der Waals surface area contributed by atoms with Crippen LogP contribution >= 0.6 is 0 Å². The van der Waals surface area contributed by atoms with Gasteiger partial charge in [-0.2, -0.15) is 0 Å². The first-order valence-corrected chi connectivity index (χ1v) is 10.00. The zero-order chi connectivity index (χ0) is 22.5. The average Bonchev–Trinajstić information content (AvgIpc) is 3.29. The van der Waals surface area contributed by atoms with E-state index in [1.165, 1.54) is 12.0 Å².